The van der Waals surface area contributed by atoms with E-state index in [0.29, 0.717) is 18.0 Å². The van der Waals surface area contributed by atoms with Gasteiger partial charge in [0, 0.05) is 18.6 Å². The third-order valence-corrected chi connectivity index (χ3v) is 3.49. The molecule has 2 atom stereocenters. The molecular formula is C16H28N2. The molecule has 0 saturated heterocycles. The van der Waals surface area contributed by atoms with E-state index in [1.54, 1.807) is 0 Å². The minimum absolute atomic E-state index is 0.401. The van der Waals surface area contributed by atoms with Crippen LogP contribution in [0.15, 0.2) is 24.3 Å². The molecule has 0 heterocycles. The molecule has 1 aromatic carbocycles. The van der Waals surface area contributed by atoms with E-state index in [4.69, 9.17) is 0 Å². The molecule has 0 spiro atoms. The first kappa shape index (κ1) is 15.2. The first-order chi connectivity index (χ1) is 8.41. The van der Waals surface area contributed by atoms with Crippen molar-refractivity contribution >= 4 is 0 Å². The third-order valence-electron chi connectivity index (χ3n) is 3.49. The molecule has 1 N–H and O–H groups in total. The average Bonchev–Trinajstić information content (AvgIpc) is 2.27. The van der Waals surface area contributed by atoms with Crippen LogP contribution in [0.3, 0.4) is 0 Å². The number of nitrogens with zero attached hydrogens (tertiary/aromatic N) is 1. The van der Waals surface area contributed by atoms with Gasteiger partial charge in [0.25, 0.3) is 0 Å². The summed E-state index contributed by atoms with van der Waals surface area (Å²) in [6.45, 7) is 10.1. The highest BCUT2D eigenvalue weighted by Crippen LogP contribution is 2.18. The summed E-state index contributed by atoms with van der Waals surface area (Å²) in [5.41, 5.74) is 2.77. The van der Waals surface area contributed by atoms with E-state index in [1.165, 1.54) is 11.1 Å². The second-order valence-electron chi connectivity index (χ2n) is 5.86. The summed E-state index contributed by atoms with van der Waals surface area (Å²) < 4.78 is 0. The van der Waals surface area contributed by atoms with Crippen LogP contribution in [0.25, 0.3) is 0 Å². The quantitative estimate of drug-likeness (QED) is 0.831. The summed E-state index contributed by atoms with van der Waals surface area (Å²) in [5, 5.41) is 3.76. The van der Waals surface area contributed by atoms with Gasteiger partial charge in [0.15, 0.2) is 0 Å². The smallest absolute Gasteiger partial charge is 0.0297 e. The summed E-state index contributed by atoms with van der Waals surface area (Å²) in [6, 6.07) is 9.56. The molecule has 0 saturated carbocycles. The van der Waals surface area contributed by atoms with Crippen LogP contribution in [0.5, 0.6) is 0 Å². The minimum atomic E-state index is 0.401. The normalized spacial score (nSPS) is 15.1. The van der Waals surface area contributed by atoms with Crippen molar-refractivity contribution in [1.29, 1.82) is 0 Å². The topological polar surface area (TPSA) is 15.3 Å². The van der Waals surface area contributed by atoms with Gasteiger partial charge in [-0.15, -0.1) is 0 Å². The zero-order valence-electron chi connectivity index (χ0n) is 12.7. The van der Waals surface area contributed by atoms with Crippen LogP contribution in [0.1, 0.15) is 37.9 Å². The van der Waals surface area contributed by atoms with Crippen LogP contribution in [-0.2, 0) is 0 Å². The van der Waals surface area contributed by atoms with E-state index in [0.717, 1.165) is 6.54 Å². The number of hydrogen-bond donors (Lipinski definition) is 1. The molecule has 1 rings (SSSR count). The molecule has 0 aliphatic carbocycles. The maximum Gasteiger partial charge on any atom is 0.0297 e. The molecule has 0 fully saturated rings. The molecule has 2 unspecified atom stereocenters. The molecule has 1 aromatic rings. The maximum absolute atomic E-state index is 3.76. The lowest BCUT2D eigenvalue weighted by Crippen LogP contribution is -2.43. The fourth-order valence-corrected chi connectivity index (χ4v) is 2.33. The highest BCUT2D eigenvalue weighted by Gasteiger charge is 2.18. The van der Waals surface area contributed by atoms with Gasteiger partial charge < -0.3 is 10.2 Å². The summed E-state index contributed by atoms with van der Waals surface area (Å²) in [4.78, 5) is 2.25. The molecule has 0 aliphatic rings. The van der Waals surface area contributed by atoms with E-state index in [-0.39, 0.29) is 0 Å². The van der Waals surface area contributed by atoms with E-state index in [1.807, 2.05) is 0 Å². The Morgan fingerprint density at radius 3 is 2.22 bits per heavy atom. The van der Waals surface area contributed by atoms with Crippen molar-refractivity contribution < 1.29 is 0 Å². The van der Waals surface area contributed by atoms with Crippen molar-refractivity contribution in [3.8, 4) is 0 Å². The fourth-order valence-electron chi connectivity index (χ4n) is 2.33. The maximum atomic E-state index is 3.76. The van der Waals surface area contributed by atoms with Gasteiger partial charge in [0.2, 0.25) is 0 Å². The molecule has 0 aromatic heterocycles. The largest absolute Gasteiger partial charge is 0.308 e. The van der Waals surface area contributed by atoms with Crippen molar-refractivity contribution in [2.45, 2.75) is 39.8 Å². The lowest BCUT2D eigenvalue weighted by molar-refractivity contribution is 0.273. The van der Waals surface area contributed by atoms with E-state index >= 15 is 0 Å². The zero-order valence-corrected chi connectivity index (χ0v) is 12.7. The van der Waals surface area contributed by atoms with Gasteiger partial charge in [0.05, 0.1) is 0 Å². The lowest BCUT2D eigenvalue weighted by Gasteiger charge is -2.29. The first-order valence-electron chi connectivity index (χ1n) is 6.88. The van der Waals surface area contributed by atoms with Crippen molar-refractivity contribution in [3.05, 3.63) is 35.4 Å². The second-order valence-corrected chi connectivity index (χ2v) is 5.86. The van der Waals surface area contributed by atoms with Crippen molar-refractivity contribution in [2.75, 3.05) is 20.6 Å². The molecule has 0 radical (unpaired) electrons. The Labute approximate surface area is 112 Å². The fraction of sp³-hybridized carbons (Fsp3) is 0.625. The predicted octanol–water partition coefficient (Wildman–Crippen LogP) is 3.23. The molecule has 0 amide bonds. The van der Waals surface area contributed by atoms with Crippen LogP contribution in [0, 0.1) is 12.8 Å². The van der Waals surface area contributed by atoms with E-state index in [9.17, 15) is 0 Å². The average molecular weight is 248 g/mol. The Hall–Kier alpha value is -0.860. The number of benzene rings is 1. The van der Waals surface area contributed by atoms with Crippen LogP contribution < -0.4 is 5.32 Å². The Morgan fingerprint density at radius 1 is 1.11 bits per heavy atom. The van der Waals surface area contributed by atoms with Crippen LogP contribution in [-0.4, -0.2) is 31.6 Å². The summed E-state index contributed by atoms with van der Waals surface area (Å²) in [6.07, 6.45) is 0. The van der Waals surface area contributed by atoms with Crippen molar-refractivity contribution in [3.63, 3.8) is 0 Å². The number of aryl methyl sites for hydroxylation is 1. The molecule has 18 heavy (non-hydrogen) atoms. The molecular weight excluding hydrogens is 220 g/mol. The SMILES string of the molecule is Cc1ccccc1C(C)NC(CN(C)C)C(C)C. The van der Waals surface area contributed by atoms with Crippen LogP contribution >= 0.6 is 0 Å². The molecule has 2 heteroatoms. The number of hydrogen-bond acceptors (Lipinski definition) is 2. The highest BCUT2D eigenvalue weighted by atomic mass is 15.1. The Bertz CT molecular complexity index is 358. The van der Waals surface area contributed by atoms with Gasteiger partial charge in [-0.3, -0.25) is 0 Å². The Kier molecular flexibility index (Phi) is 5.83. The predicted molar refractivity (Wildman–Crippen MR) is 79.9 cm³/mol. The van der Waals surface area contributed by atoms with E-state index in [2.05, 4.69) is 76.3 Å². The van der Waals surface area contributed by atoms with Crippen molar-refractivity contribution in [2.24, 2.45) is 5.92 Å². The highest BCUT2D eigenvalue weighted by molar-refractivity contribution is 5.28. The lowest BCUT2D eigenvalue weighted by atomic mass is 9.98. The van der Waals surface area contributed by atoms with E-state index < -0.39 is 0 Å². The number of likely N-dealkylation sites (N-methyl/N-ethyl adjacent to an activating group) is 1. The van der Waals surface area contributed by atoms with Crippen LogP contribution in [0.4, 0.5) is 0 Å². The van der Waals surface area contributed by atoms with Gasteiger partial charge in [-0.05, 0) is 45.0 Å². The second kappa shape index (κ2) is 6.91. The number of rotatable bonds is 6. The van der Waals surface area contributed by atoms with Crippen molar-refractivity contribution in [1.82, 2.24) is 10.2 Å². The number of nitrogens with one attached hydrogen (secondary N) is 1. The van der Waals surface area contributed by atoms with Gasteiger partial charge in [-0.25, -0.2) is 0 Å². The van der Waals surface area contributed by atoms with Gasteiger partial charge in [0.1, 0.15) is 0 Å². The third kappa shape index (κ3) is 4.43. The molecule has 0 bridgehead atoms. The minimum Gasteiger partial charge on any atom is -0.308 e. The van der Waals surface area contributed by atoms with Gasteiger partial charge in [-0.2, -0.15) is 0 Å². The summed E-state index contributed by atoms with van der Waals surface area (Å²) >= 11 is 0. The molecule has 0 aliphatic heterocycles. The van der Waals surface area contributed by atoms with Gasteiger partial charge >= 0.3 is 0 Å². The van der Waals surface area contributed by atoms with Crippen LogP contribution in [0.2, 0.25) is 0 Å². The summed E-state index contributed by atoms with van der Waals surface area (Å²) in [5.74, 6) is 0.638. The molecule has 2 nitrogen and oxygen atoms in total. The summed E-state index contributed by atoms with van der Waals surface area (Å²) in [7, 11) is 4.27. The Balaban J connectivity index is 2.72. The monoisotopic (exact) mass is 248 g/mol. The first-order valence-corrected chi connectivity index (χ1v) is 6.88. The standard InChI is InChI=1S/C16H28N2/c1-12(2)16(11-18(5)6)17-14(4)15-10-8-7-9-13(15)3/h7-10,12,14,16-17H,11H2,1-6H3. The zero-order chi connectivity index (χ0) is 13.7. The van der Waals surface area contributed by atoms with Gasteiger partial charge in [-0.1, -0.05) is 38.1 Å². The Morgan fingerprint density at radius 2 is 1.72 bits per heavy atom. The molecule has 102 valence electrons.